The number of rotatable bonds is 6. The zero-order valence-electron chi connectivity index (χ0n) is 14.0. The first kappa shape index (κ1) is 16.6. The van der Waals surface area contributed by atoms with Gasteiger partial charge in [0.2, 0.25) is 0 Å². The first-order valence-electron chi connectivity index (χ1n) is 8.13. The van der Waals surface area contributed by atoms with Crippen LogP contribution in [0.1, 0.15) is 24.1 Å². The highest BCUT2D eigenvalue weighted by molar-refractivity contribution is 7.71. The van der Waals surface area contributed by atoms with Crippen molar-refractivity contribution in [2.24, 2.45) is 0 Å². The summed E-state index contributed by atoms with van der Waals surface area (Å²) in [6, 6.07) is 21.2. The SMILES string of the molecule is CCn1cnn(CN(C)C(c2ccccc2)c2ccccc2)c1=S. The maximum Gasteiger partial charge on any atom is 0.198 e. The molecule has 4 nitrogen and oxygen atoms in total. The van der Waals surface area contributed by atoms with Gasteiger partial charge < -0.3 is 4.57 Å². The van der Waals surface area contributed by atoms with E-state index in [0.717, 1.165) is 11.3 Å². The van der Waals surface area contributed by atoms with Crippen LogP contribution in [0.2, 0.25) is 0 Å². The monoisotopic (exact) mass is 338 g/mol. The molecule has 0 amide bonds. The van der Waals surface area contributed by atoms with Crippen molar-refractivity contribution < 1.29 is 0 Å². The van der Waals surface area contributed by atoms with E-state index in [1.807, 2.05) is 21.4 Å². The first-order chi connectivity index (χ1) is 11.7. The van der Waals surface area contributed by atoms with Gasteiger partial charge in [0.1, 0.15) is 6.33 Å². The third-order valence-electron chi connectivity index (χ3n) is 4.17. The van der Waals surface area contributed by atoms with Gasteiger partial charge in [0.05, 0.1) is 12.7 Å². The topological polar surface area (TPSA) is 26.0 Å². The predicted molar refractivity (Wildman–Crippen MR) is 99.2 cm³/mol. The van der Waals surface area contributed by atoms with Crippen molar-refractivity contribution in [3.05, 3.63) is 82.9 Å². The Morgan fingerprint density at radius 3 is 2.00 bits per heavy atom. The molecular weight excluding hydrogens is 316 g/mol. The van der Waals surface area contributed by atoms with Gasteiger partial charge in [-0.25, -0.2) is 4.68 Å². The molecule has 1 aromatic heterocycles. The number of benzene rings is 2. The van der Waals surface area contributed by atoms with E-state index in [0.29, 0.717) is 6.67 Å². The zero-order chi connectivity index (χ0) is 16.9. The minimum atomic E-state index is 0.154. The van der Waals surface area contributed by atoms with Gasteiger partial charge in [-0.05, 0) is 37.3 Å². The maximum absolute atomic E-state index is 5.50. The van der Waals surface area contributed by atoms with Crippen LogP contribution >= 0.6 is 12.2 Å². The molecule has 24 heavy (non-hydrogen) atoms. The minimum absolute atomic E-state index is 0.154. The molecule has 0 radical (unpaired) electrons. The second kappa shape index (κ2) is 7.55. The molecule has 0 aliphatic heterocycles. The van der Waals surface area contributed by atoms with E-state index in [-0.39, 0.29) is 6.04 Å². The average Bonchev–Trinajstić information content (AvgIpc) is 2.97. The molecule has 0 spiro atoms. The smallest absolute Gasteiger partial charge is 0.198 e. The number of hydrogen-bond donors (Lipinski definition) is 0. The van der Waals surface area contributed by atoms with Crippen molar-refractivity contribution in [2.75, 3.05) is 7.05 Å². The summed E-state index contributed by atoms with van der Waals surface area (Å²) in [7, 11) is 2.11. The van der Waals surface area contributed by atoms with E-state index in [9.17, 15) is 0 Å². The fourth-order valence-corrected chi connectivity index (χ4v) is 3.23. The van der Waals surface area contributed by atoms with E-state index in [4.69, 9.17) is 12.2 Å². The quantitative estimate of drug-likeness (QED) is 0.633. The van der Waals surface area contributed by atoms with Gasteiger partial charge >= 0.3 is 0 Å². The minimum Gasteiger partial charge on any atom is -0.307 e. The molecule has 0 atom stereocenters. The number of hydrogen-bond acceptors (Lipinski definition) is 3. The molecule has 1 heterocycles. The third-order valence-corrected chi connectivity index (χ3v) is 4.61. The van der Waals surface area contributed by atoms with Crippen LogP contribution in [0.5, 0.6) is 0 Å². The van der Waals surface area contributed by atoms with Crippen LogP contribution in [0.3, 0.4) is 0 Å². The van der Waals surface area contributed by atoms with Gasteiger partial charge in [-0.3, -0.25) is 4.90 Å². The van der Waals surface area contributed by atoms with Crippen molar-refractivity contribution in [1.82, 2.24) is 19.2 Å². The highest BCUT2D eigenvalue weighted by atomic mass is 32.1. The van der Waals surface area contributed by atoms with E-state index < -0.39 is 0 Å². The van der Waals surface area contributed by atoms with Crippen molar-refractivity contribution in [1.29, 1.82) is 0 Å². The van der Waals surface area contributed by atoms with Crippen molar-refractivity contribution >= 4 is 12.2 Å². The van der Waals surface area contributed by atoms with E-state index in [1.54, 1.807) is 6.33 Å². The lowest BCUT2D eigenvalue weighted by molar-refractivity contribution is 0.207. The zero-order valence-corrected chi connectivity index (χ0v) is 14.9. The average molecular weight is 338 g/mol. The number of nitrogens with zero attached hydrogens (tertiary/aromatic N) is 4. The van der Waals surface area contributed by atoms with Crippen LogP contribution in [0.25, 0.3) is 0 Å². The fraction of sp³-hybridized carbons (Fsp3) is 0.263. The number of aromatic nitrogens is 3. The van der Waals surface area contributed by atoms with Crippen LogP contribution in [0, 0.1) is 4.77 Å². The summed E-state index contributed by atoms with van der Waals surface area (Å²) >= 11 is 5.50. The fourth-order valence-electron chi connectivity index (χ4n) is 2.95. The van der Waals surface area contributed by atoms with Crippen LogP contribution in [-0.4, -0.2) is 26.3 Å². The lowest BCUT2D eigenvalue weighted by atomic mass is 9.98. The molecule has 124 valence electrons. The summed E-state index contributed by atoms with van der Waals surface area (Å²) < 4.78 is 4.60. The summed E-state index contributed by atoms with van der Waals surface area (Å²) in [4.78, 5) is 2.27. The van der Waals surface area contributed by atoms with E-state index >= 15 is 0 Å². The van der Waals surface area contributed by atoms with Gasteiger partial charge in [-0.2, -0.15) is 5.10 Å². The molecule has 0 N–H and O–H groups in total. The third kappa shape index (κ3) is 3.47. The van der Waals surface area contributed by atoms with Gasteiger partial charge in [0.25, 0.3) is 0 Å². The molecule has 0 aliphatic carbocycles. The molecule has 0 saturated heterocycles. The van der Waals surface area contributed by atoms with Crippen molar-refractivity contribution in [3.63, 3.8) is 0 Å². The largest absolute Gasteiger partial charge is 0.307 e. The van der Waals surface area contributed by atoms with Crippen LogP contribution in [0.4, 0.5) is 0 Å². The lowest BCUT2D eigenvalue weighted by Crippen LogP contribution is -2.28. The first-order valence-corrected chi connectivity index (χ1v) is 8.54. The molecule has 0 fully saturated rings. The van der Waals surface area contributed by atoms with Crippen LogP contribution < -0.4 is 0 Å². The Morgan fingerprint density at radius 2 is 1.54 bits per heavy atom. The van der Waals surface area contributed by atoms with Gasteiger partial charge in [0, 0.05) is 6.54 Å². The highest BCUT2D eigenvalue weighted by Gasteiger charge is 2.19. The molecule has 0 aliphatic rings. The molecule has 0 bridgehead atoms. The molecule has 3 aromatic rings. The second-order valence-electron chi connectivity index (χ2n) is 5.82. The molecule has 0 saturated carbocycles. The standard InChI is InChI=1S/C19H22N4S/c1-3-22-14-20-23(19(22)24)15-21(2)18(16-10-6-4-7-11-16)17-12-8-5-9-13-17/h4-14,18H,3,15H2,1-2H3. The molecule has 3 rings (SSSR count). The molecule has 0 unspecified atom stereocenters. The Bertz CT molecular complexity index is 784. The van der Waals surface area contributed by atoms with E-state index in [2.05, 4.69) is 72.5 Å². The lowest BCUT2D eigenvalue weighted by Gasteiger charge is -2.28. The van der Waals surface area contributed by atoms with Gasteiger partial charge in [-0.15, -0.1) is 0 Å². The van der Waals surface area contributed by atoms with Crippen molar-refractivity contribution in [3.8, 4) is 0 Å². The summed E-state index contributed by atoms with van der Waals surface area (Å²) in [5.41, 5.74) is 2.51. The Morgan fingerprint density at radius 1 is 1.00 bits per heavy atom. The molecular formula is C19H22N4S. The molecule has 5 heteroatoms. The predicted octanol–water partition coefficient (Wildman–Crippen LogP) is 4.11. The molecule has 2 aromatic carbocycles. The summed E-state index contributed by atoms with van der Waals surface area (Å²) in [6.07, 6.45) is 1.80. The van der Waals surface area contributed by atoms with Gasteiger partial charge in [0.15, 0.2) is 4.77 Å². The Hall–Kier alpha value is -2.24. The highest BCUT2D eigenvalue weighted by Crippen LogP contribution is 2.27. The summed E-state index contributed by atoms with van der Waals surface area (Å²) in [5, 5.41) is 4.43. The van der Waals surface area contributed by atoms with Gasteiger partial charge in [-0.1, -0.05) is 60.7 Å². The van der Waals surface area contributed by atoms with Crippen LogP contribution in [0.15, 0.2) is 67.0 Å². The van der Waals surface area contributed by atoms with Crippen LogP contribution in [-0.2, 0) is 13.2 Å². The second-order valence-corrected chi connectivity index (χ2v) is 6.19. The normalized spacial score (nSPS) is 11.3. The van der Waals surface area contributed by atoms with Crippen molar-refractivity contribution in [2.45, 2.75) is 26.2 Å². The maximum atomic E-state index is 5.50. The summed E-state index contributed by atoms with van der Waals surface area (Å²) in [6.45, 7) is 3.55. The Kier molecular flexibility index (Phi) is 5.23. The number of aryl methyl sites for hydroxylation is 1. The Balaban J connectivity index is 1.93. The Labute approximate surface area is 148 Å². The van der Waals surface area contributed by atoms with E-state index in [1.165, 1.54) is 11.1 Å². The summed E-state index contributed by atoms with van der Waals surface area (Å²) in [5.74, 6) is 0.